The zero-order valence-electron chi connectivity index (χ0n) is 13.8. The zero-order chi connectivity index (χ0) is 16.2. The summed E-state index contributed by atoms with van der Waals surface area (Å²) in [6.45, 7) is 8.52. The number of carbonyl (C=O) groups is 1. The van der Waals surface area contributed by atoms with Gasteiger partial charge in [-0.25, -0.2) is 4.79 Å². The Morgan fingerprint density at radius 3 is 2.64 bits per heavy atom. The highest BCUT2D eigenvalue weighted by Gasteiger charge is 2.31. The van der Waals surface area contributed by atoms with Gasteiger partial charge in [-0.15, -0.1) is 0 Å². The summed E-state index contributed by atoms with van der Waals surface area (Å²) in [6, 6.07) is 8.35. The number of carbonyl (C=O) groups excluding carboxylic acids is 1. The van der Waals surface area contributed by atoms with Gasteiger partial charge in [-0.2, -0.15) is 0 Å². The van der Waals surface area contributed by atoms with Crippen molar-refractivity contribution >= 4 is 6.09 Å². The summed E-state index contributed by atoms with van der Waals surface area (Å²) in [7, 11) is 0. The minimum absolute atomic E-state index is 0.00975. The van der Waals surface area contributed by atoms with Crippen LogP contribution >= 0.6 is 0 Å². The number of hydrogen-bond acceptors (Lipinski definition) is 4. The van der Waals surface area contributed by atoms with Crippen LogP contribution in [0.15, 0.2) is 24.3 Å². The van der Waals surface area contributed by atoms with E-state index in [0.29, 0.717) is 13.1 Å². The quantitative estimate of drug-likeness (QED) is 0.897. The van der Waals surface area contributed by atoms with Crippen LogP contribution in [-0.4, -0.2) is 42.8 Å². The summed E-state index contributed by atoms with van der Waals surface area (Å²) in [5, 5.41) is 3.35. The molecule has 1 aromatic carbocycles. The molecule has 0 aromatic heterocycles. The first-order chi connectivity index (χ1) is 10.4. The molecule has 1 amide bonds. The number of ether oxygens (including phenoxy) is 1. The molecule has 1 aliphatic rings. The second-order valence-corrected chi connectivity index (χ2v) is 6.67. The van der Waals surface area contributed by atoms with Crippen LogP contribution in [-0.2, 0) is 11.2 Å². The van der Waals surface area contributed by atoms with Gasteiger partial charge >= 0.3 is 6.09 Å². The molecule has 1 saturated heterocycles. The summed E-state index contributed by atoms with van der Waals surface area (Å²) in [6.07, 6.45) is 0.629. The highest BCUT2D eigenvalue weighted by Crippen LogP contribution is 2.25. The predicted molar refractivity (Wildman–Crippen MR) is 87.8 cm³/mol. The van der Waals surface area contributed by atoms with E-state index in [0.717, 1.165) is 25.1 Å². The van der Waals surface area contributed by atoms with Crippen LogP contribution in [0.25, 0.3) is 0 Å². The van der Waals surface area contributed by atoms with E-state index < -0.39 is 5.60 Å². The number of nitrogens with zero attached hydrogens (tertiary/aromatic N) is 1. The van der Waals surface area contributed by atoms with Gasteiger partial charge in [0.25, 0.3) is 0 Å². The monoisotopic (exact) mass is 305 g/mol. The van der Waals surface area contributed by atoms with E-state index in [1.807, 2.05) is 25.7 Å². The molecule has 5 nitrogen and oxygen atoms in total. The number of benzene rings is 1. The molecule has 2 rings (SSSR count). The van der Waals surface area contributed by atoms with Gasteiger partial charge in [0.15, 0.2) is 0 Å². The Hall–Kier alpha value is -1.59. The Labute approximate surface area is 132 Å². The largest absolute Gasteiger partial charge is 0.444 e. The first kappa shape index (κ1) is 16.8. The van der Waals surface area contributed by atoms with E-state index in [1.54, 1.807) is 0 Å². The zero-order valence-corrected chi connectivity index (χ0v) is 13.8. The van der Waals surface area contributed by atoms with Crippen molar-refractivity contribution in [2.24, 2.45) is 5.73 Å². The summed E-state index contributed by atoms with van der Waals surface area (Å²) >= 11 is 0. The topological polar surface area (TPSA) is 67.6 Å². The Morgan fingerprint density at radius 1 is 1.36 bits per heavy atom. The molecule has 1 unspecified atom stereocenters. The number of nitrogens with one attached hydrogen (secondary N) is 1. The van der Waals surface area contributed by atoms with Crippen LogP contribution in [0.3, 0.4) is 0 Å². The molecule has 5 heteroatoms. The number of nitrogens with two attached hydrogens (primary N) is 1. The van der Waals surface area contributed by atoms with Gasteiger partial charge in [-0.1, -0.05) is 24.3 Å². The van der Waals surface area contributed by atoms with E-state index in [2.05, 4.69) is 29.6 Å². The van der Waals surface area contributed by atoms with Crippen LogP contribution in [0.5, 0.6) is 0 Å². The van der Waals surface area contributed by atoms with Crippen LogP contribution in [0.4, 0.5) is 4.79 Å². The van der Waals surface area contributed by atoms with E-state index in [1.165, 1.54) is 5.56 Å². The van der Waals surface area contributed by atoms with E-state index in [-0.39, 0.29) is 12.1 Å². The van der Waals surface area contributed by atoms with Crippen molar-refractivity contribution in [3.8, 4) is 0 Å². The van der Waals surface area contributed by atoms with Gasteiger partial charge in [-0.3, -0.25) is 4.90 Å². The van der Waals surface area contributed by atoms with Gasteiger partial charge in [0.1, 0.15) is 5.60 Å². The van der Waals surface area contributed by atoms with Crippen LogP contribution in [0, 0.1) is 0 Å². The van der Waals surface area contributed by atoms with E-state index in [9.17, 15) is 4.79 Å². The maximum atomic E-state index is 12.4. The molecule has 122 valence electrons. The Kier molecular flexibility index (Phi) is 5.42. The van der Waals surface area contributed by atoms with Crippen molar-refractivity contribution in [3.05, 3.63) is 35.4 Å². The van der Waals surface area contributed by atoms with Gasteiger partial charge in [0.2, 0.25) is 0 Å². The molecule has 1 atom stereocenters. The highest BCUT2D eigenvalue weighted by atomic mass is 16.6. The fraction of sp³-hybridized carbons (Fsp3) is 0.588. The fourth-order valence-corrected chi connectivity index (χ4v) is 2.61. The van der Waals surface area contributed by atoms with Crippen molar-refractivity contribution < 1.29 is 9.53 Å². The first-order valence-corrected chi connectivity index (χ1v) is 7.90. The molecular weight excluding hydrogens is 278 g/mol. The van der Waals surface area contributed by atoms with Crippen LogP contribution in [0.1, 0.15) is 37.9 Å². The second-order valence-electron chi connectivity index (χ2n) is 6.67. The van der Waals surface area contributed by atoms with E-state index in [4.69, 9.17) is 10.5 Å². The molecule has 0 aliphatic carbocycles. The third-order valence-electron chi connectivity index (χ3n) is 3.67. The molecule has 0 bridgehead atoms. The summed E-state index contributed by atoms with van der Waals surface area (Å²) < 4.78 is 5.53. The minimum atomic E-state index is -0.475. The first-order valence-electron chi connectivity index (χ1n) is 7.90. The third kappa shape index (κ3) is 4.45. The lowest BCUT2D eigenvalue weighted by Crippen LogP contribution is -2.50. The normalized spacial score (nSPS) is 19.1. The number of piperazine rings is 1. The van der Waals surface area contributed by atoms with Gasteiger partial charge in [0, 0.05) is 19.6 Å². The Morgan fingerprint density at radius 2 is 2.05 bits per heavy atom. The lowest BCUT2D eigenvalue weighted by molar-refractivity contribution is 0.0118. The molecule has 1 aliphatic heterocycles. The maximum absolute atomic E-state index is 12.4. The smallest absolute Gasteiger partial charge is 0.410 e. The molecule has 0 radical (unpaired) electrons. The summed E-state index contributed by atoms with van der Waals surface area (Å²) in [5.41, 5.74) is 7.45. The lowest BCUT2D eigenvalue weighted by atomic mass is 10.0. The molecular formula is C17H27N3O2. The molecule has 0 spiro atoms. The summed E-state index contributed by atoms with van der Waals surface area (Å²) in [4.78, 5) is 14.2. The summed E-state index contributed by atoms with van der Waals surface area (Å²) in [5.74, 6) is 0. The minimum Gasteiger partial charge on any atom is -0.444 e. The van der Waals surface area contributed by atoms with Crippen molar-refractivity contribution in [1.29, 1.82) is 0 Å². The molecule has 3 N–H and O–H groups in total. The average molecular weight is 305 g/mol. The maximum Gasteiger partial charge on any atom is 0.410 e. The fourth-order valence-electron chi connectivity index (χ4n) is 2.61. The molecule has 1 heterocycles. The van der Waals surface area contributed by atoms with Gasteiger partial charge < -0.3 is 15.8 Å². The van der Waals surface area contributed by atoms with Crippen LogP contribution < -0.4 is 11.1 Å². The second kappa shape index (κ2) is 7.11. The standard InChI is InChI=1S/C17H27N3O2/c1-17(2,3)22-16(21)20-11-10-19-12-15(20)14-6-4-13(5-7-14)8-9-18/h4-7,15,19H,8-12,18H2,1-3H3. The SMILES string of the molecule is CC(C)(C)OC(=O)N1CCNCC1c1ccc(CCN)cc1. The van der Waals surface area contributed by atoms with Crippen molar-refractivity contribution in [2.75, 3.05) is 26.2 Å². The Bertz CT molecular complexity index is 494. The van der Waals surface area contributed by atoms with Crippen molar-refractivity contribution in [3.63, 3.8) is 0 Å². The van der Waals surface area contributed by atoms with Crippen LogP contribution in [0.2, 0.25) is 0 Å². The number of hydrogen-bond donors (Lipinski definition) is 2. The van der Waals surface area contributed by atoms with Crippen molar-refractivity contribution in [2.45, 2.75) is 38.8 Å². The average Bonchev–Trinajstić information content (AvgIpc) is 2.47. The Balaban J connectivity index is 2.13. The lowest BCUT2D eigenvalue weighted by Gasteiger charge is -2.37. The third-order valence-corrected chi connectivity index (χ3v) is 3.67. The molecule has 0 saturated carbocycles. The van der Waals surface area contributed by atoms with Gasteiger partial charge in [-0.05, 0) is 44.9 Å². The number of amides is 1. The predicted octanol–water partition coefficient (Wildman–Crippen LogP) is 2.07. The molecule has 1 fully saturated rings. The van der Waals surface area contributed by atoms with E-state index >= 15 is 0 Å². The number of rotatable bonds is 3. The molecule has 22 heavy (non-hydrogen) atoms. The highest BCUT2D eigenvalue weighted by molar-refractivity contribution is 5.69. The molecule has 1 aromatic rings. The van der Waals surface area contributed by atoms with Crippen molar-refractivity contribution in [1.82, 2.24) is 10.2 Å². The van der Waals surface area contributed by atoms with Gasteiger partial charge in [0.05, 0.1) is 6.04 Å².